The SMILES string of the molecule is Cc1ccc(Cl)c(CN=C=O)c1F. The molecule has 0 aliphatic rings. The summed E-state index contributed by atoms with van der Waals surface area (Å²) in [5.74, 6) is -0.411. The van der Waals surface area contributed by atoms with Crippen LogP contribution < -0.4 is 0 Å². The van der Waals surface area contributed by atoms with E-state index < -0.39 is 5.82 Å². The van der Waals surface area contributed by atoms with Crippen molar-refractivity contribution in [2.45, 2.75) is 13.5 Å². The lowest BCUT2D eigenvalue weighted by molar-refractivity contribution is 0.561. The zero-order valence-corrected chi connectivity index (χ0v) is 7.73. The number of benzene rings is 1. The smallest absolute Gasteiger partial charge is 0.211 e. The van der Waals surface area contributed by atoms with Crippen LogP contribution in [0.15, 0.2) is 17.1 Å². The van der Waals surface area contributed by atoms with Gasteiger partial charge in [0.05, 0.1) is 6.54 Å². The highest BCUT2D eigenvalue weighted by Crippen LogP contribution is 2.22. The fourth-order valence-corrected chi connectivity index (χ4v) is 1.18. The van der Waals surface area contributed by atoms with E-state index in [1.165, 1.54) is 6.08 Å². The summed E-state index contributed by atoms with van der Waals surface area (Å²) < 4.78 is 13.3. The van der Waals surface area contributed by atoms with Crippen LogP contribution in [0, 0.1) is 12.7 Å². The van der Waals surface area contributed by atoms with E-state index in [9.17, 15) is 9.18 Å². The summed E-state index contributed by atoms with van der Waals surface area (Å²) in [5.41, 5.74) is 0.727. The van der Waals surface area contributed by atoms with Gasteiger partial charge in [0.2, 0.25) is 6.08 Å². The number of hydrogen-bond acceptors (Lipinski definition) is 2. The Morgan fingerprint density at radius 1 is 1.62 bits per heavy atom. The highest BCUT2D eigenvalue weighted by Gasteiger charge is 2.08. The van der Waals surface area contributed by atoms with Gasteiger partial charge in [-0.25, -0.2) is 14.2 Å². The molecule has 1 aromatic carbocycles. The largest absolute Gasteiger partial charge is 0.235 e. The molecule has 0 aliphatic carbocycles. The van der Waals surface area contributed by atoms with E-state index in [1.54, 1.807) is 19.1 Å². The molecule has 1 rings (SSSR count). The monoisotopic (exact) mass is 199 g/mol. The van der Waals surface area contributed by atoms with Crippen LogP contribution >= 0.6 is 11.6 Å². The van der Waals surface area contributed by atoms with Crippen LogP contribution in [0.3, 0.4) is 0 Å². The molecule has 2 nitrogen and oxygen atoms in total. The van der Waals surface area contributed by atoms with Crippen LogP contribution in [0.25, 0.3) is 0 Å². The Hall–Kier alpha value is -1.18. The molecule has 0 spiro atoms. The molecule has 0 fully saturated rings. The zero-order valence-electron chi connectivity index (χ0n) is 6.97. The van der Waals surface area contributed by atoms with Crippen molar-refractivity contribution in [3.8, 4) is 0 Å². The summed E-state index contributed by atoms with van der Waals surface area (Å²) in [7, 11) is 0. The van der Waals surface area contributed by atoms with Gasteiger partial charge in [0.1, 0.15) is 5.82 Å². The first-order valence-corrected chi connectivity index (χ1v) is 4.01. The lowest BCUT2D eigenvalue weighted by Gasteiger charge is -2.03. The first kappa shape index (κ1) is 9.90. The second kappa shape index (κ2) is 4.17. The van der Waals surface area contributed by atoms with Crippen molar-refractivity contribution in [2.75, 3.05) is 0 Å². The van der Waals surface area contributed by atoms with Gasteiger partial charge in [-0.15, -0.1) is 0 Å². The van der Waals surface area contributed by atoms with Gasteiger partial charge >= 0.3 is 0 Å². The van der Waals surface area contributed by atoms with E-state index in [-0.39, 0.29) is 17.1 Å². The van der Waals surface area contributed by atoms with Crippen molar-refractivity contribution in [2.24, 2.45) is 4.99 Å². The van der Waals surface area contributed by atoms with Gasteiger partial charge in [0, 0.05) is 10.6 Å². The van der Waals surface area contributed by atoms with Gasteiger partial charge in [0.25, 0.3) is 0 Å². The maximum absolute atomic E-state index is 13.3. The fourth-order valence-electron chi connectivity index (χ4n) is 0.971. The number of rotatable bonds is 2. The number of aryl methyl sites for hydroxylation is 1. The molecular formula is C9H7ClFNO. The van der Waals surface area contributed by atoms with Crippen LogP contribution in [-0.2, 0) is 11.3 Å². The minimum atomic E-state index is -0.411. The molecular weight excluding hydrogens is 193 g/mol. The van der Waals surface area contributed by atoms with Gasteiger partial charge < -0.3 is 0 Å². The Kier molecular flexibility index (Phi) is 3.18. The Morgan fingerprint density at radius 3 is 2.92 bits per heavy atom. The van der Waals surface area contributed by atoms with Crippen LogP contribution in [0.4, 0.5) is 4.39 Å². The molecule has 0 atom stereocenters. The topological polar surface area (TPSA) is 29.4 Å². The average molecular weight is 200 g/mol. The molecule has 0 aromatic heterocycles. The first-order valence-electron chi connectivity index (χ1n) is 3.64. The Balaban J connectivity index is 3.16. The standard InChI is InChI=1S/C9H7ClFNO/c1-6-2-3-8(10)7(9(6)11)4-12-5-13/h2-3H,4H2,1H3. The van der Waals surface area contributed by atoms with E-state index in [2.05, 4.69) is 4.99 Å². The zero-order chi connectivity index (χ0) is 9.84. The number of nitrogens with zero attached hydrogens (tertiary/aromatic N) is 1. The molecule has 0 unspecified atom stereocenters. The molecule has 0 saturated carbocycles. The van der Waals surface area contributed by atoms with Crippen LogP contribution in [0.5, 0.6) is 0 Å². The quantitative estimate of drug-likeness (QED) is 0.532. The molecule has 0 saturated heterocycles. The molecule has 13 heavy (non-hydrogen) atoms. The van der Waals surface area contributed by atoms with E-state index in [1.807, 2.05) is 0 Å². The second-order valence-corrected chi connectivity index (χ2v) is 2.97. The highest BCUT2D eigenvalue weighted by atomic mass is 35.5. The molecule has 4 heteroatoms. The van der Waals surface area contributed by atoms with Gasteiger partial charge in [-0.2, -0.15) is 0 Å². The van der Waals surface area contributed by atoms with Crippen molar-refractivity contribution in [1.29, 1.82) is 0 Å². The maximum Gasteiger partial charge on any atom is 0.235 e. The lowest BCUT2D eigenvalue weighted by atomic mass is 10.1. The van der Waals surface area contributed by atoms with Gasteiger partial charge in [-0.05, 0) is 18.6 Å². The first-order chi connectivity index (χ1) is 6.16. The van der Waals surface area contributed by atoms with Gasteiger partial charge in [-0.1, -0.05) is 17.7 Å². The third-order valence-electron chi connectivity index (χ3n) is 1.68. The molecule has 0 amide bonds. The number of hydrogen-bond donors (Lipinski definition) is 0. The van der Waals surface area contributed by atoms with Crippen molar-refractivity contribution >= 4 is 17.7 Å². The highest BCUT2D eigenvalue weighted by molar-refractivity contribution is 6.31. The average Bonchev–Trinajstić information content (AvgIpc) is 2.12. The minimum Gasteiger partial charge on any atom is -0.211 e. The summed E-state index contributed by atoms with van der Waals surface area (Å²) in [6, 6.07) is 3.15. The Morgan fingerprint density at radius 2 is 2.31 bits per heavy atom. The van der Waals surface area contributed by atoms with Gasteiger partial charge in [-0.3, -0.25) is 0 Å². The fraction of sp³-hybridized carbons (Fsp3) is 0.222. The third-order valence-corrected chi connectivity index (χ3v) is 2.03. The summed E-state index contributed by atoms with van der Waals surface area (Å²) >= 11 is 5.71. The number of isocyanates is 1. The summed E-state index contributed by atoms with van der Waals surface area (Å²) in [4.78, 5) is 13.1. The van der Waals surface area contributed by atoms with Crippen molar-refractivity contribution in [1.82, 2.24) is 0 Å². The van der Waals surface area contributed by atoms with Crippen LogP contribution in [0.1, 0.15) is 11.1 Å². The van der Waals surface area contributed by atoms with E-state index in [0.29, 0.717) is 5.56 Å². The van der Waals surface area contributed by atoms with E-state index in [4.69, 9.17) is 11.6 Å². The summed E-state index contributed by atoms with van der Waals surface area (Å²) in [6.45, 7) is 1.57. The predicted molar refractivity (Wildman–Crippen MR) is 48.0 cm³/mol. The van der Waals surface area contributed by atoms with E-state index in [0.717, 1.165) is 0 Å². The summed E-state index contributed by atoms with van der Waals surface area (Å²) in [5, 5.41) is 0.280. The molecule has 0 N–H and O–H groups in total. The number of carbonyl (C=O) groups excluding carboxylic acids is 1. The van der Waals surface area contributed by atoms with Crippen LogP contribution in [-0.4, -0.2) is 6.08 Å². The Bertz CT molecular complexity index is 372. The number of halogens is 2. The predicted octanol–water partition coefficient (Wildman–Crippen LogP) is 2.62. The third kappa shape index (κ3) is 2.14. The molecule has 1 aromatic rings. The lowest BCUT2D eigenvalue weighted by Crippen LogP contribution is -1.93. The van der Waals surface area contributed by atoms with Crippen molar-refractivity contribution in [3.63, 3.8) is 0 Å². The molecule has 0 bridgehead atoms. The van der Waals surface area contributed by atoms with Crippen molar-refractivity contribution < 1.29 is 9.18 Å². The second-order valence-electron chi connectivity index (χ2n) is 2.56. The Labute approximate surface area is 80.1 Å². The normalized spacial score (nSPS) is 9.46. The number of aliphatic imine (C=N–C) groups is 1. The van der Waals surface area contributed by atoms with Crippen molar-refractivity contribution in [3.05, 3.63) is 34.1 Å². The molecule has 0 radical (unpaired) electrons. The van der Waals surface area contributed by atoms with E-state index >= 15 is 0 Å². The summed E-state index contributed by atoms with van der Waals surface area (Å²) in [6.07, 6.45) is 1.34. The minimum absolute atomic E-state index is 0.0597. The van der Waals surface area contributed by atoms with Gasteiger partial charge in [0.15, 0.2) is 0 Å². The molecule has 0 heterocycles. The van der Waals surface area contributed by atoms with Crippen LogP contribution in [0.2, 0.25) is 5.02 Å². The molecule has 68 valence electrons. The molecule has 0 aliphatic heterocycles. The maximum atomic E-state index is 13.3.